The first-order valence-electron chi connectivity index (χ1n) is 14.1. The smallest absolute Gasteiger partial charge is 0.411 e. The van der Waals surface area contributed by atoms with E-state index in [2.05, 4.69) is 10.6 Å². The van der Waals surface area contributed by atoms with Crippen LogP contribution in [0.1, 0.15) is 54.6 Å². The van der Waals surface area contributed by atoms with E-state index < -0.39 is 24.0 Å². The summed E-state index contributed by atoms with van der Waals surface area (Å²) in [6, 6.07) is 13.4. The Balaban J connectivity index is 1.23. The van der Waals surface area contributed by atoms with Gasteiger partial charge in [0.1, 0.15) is 19.2 Å². The molecule has 2 aromatic rings. The molecule has 1 fully saturated rings. The first-order chi connectivity index (χ1) is 21.0. The second-order valence-corrected chi connectivity index (χ2v) is 13.8. The van der Waals surface area contributed by atoms with E-state index >= 15 is 0 Å². The van der Waals surface area contributed by atoms with E-state index in [4.69, 9.17) is 4.74 Å². The molecule has 2 aromatic carbocycles. The predicted molar refractivity (Wildman–Crippen MR) is 166 cm³/mol. The molecule has 0 aromatic heterocycles. The number of imide groups is 1. The van der Waals surface area contributed by atoms with E-state index in [1.807, 2.05) is 44.2 Å². The van der Waals surface area contributed by atoms with E-state index in [-0.39, 0.29) is 73.7 Å². The number of hydrogen-bond donors (Lipinski definition) is 3. The zero-order chi connectivity index (χ0) is 31.8. The van der Waals surface area contributed by atoms with Crippen LogP contribution in [0.2, 0.25) is 0 Å². The largest absolute Gasteiger partial charge is 0.480 e. The Morgan fingerprint density at radius 1 is 1.07 bits per heavy atom. The number of amides is 5. The van der Waals surface area contributed by atoms with Gasteiger partial charge in [-0.05, 0) is 31.0 Å². The molecule has 0 bridgehead atoms. The number of carboxylic acids is 1. The minimum Gasteiger partial charge on any atom is -0.480 e. The van der Waals surface area contributed by atoms with Gasteiger partial charge in [0.15, 0.2) is 0 Å². The van der Waals surface area contributed by atoms with Crippen LogP contribution < -0.4 is 10.6 Å². The van der Waals surface area contributed by atoms with Gasteiger partial charge >= 0.3 is 12.1 Å². The van der Waals surface area contributed by atoms with E-state index in [1.165, 1.54) is 31.4 Å². The molecule has 3 unspecified atom stereocenters. The van der Waals surface area contributed by atoms with Crippen molar-refractivity contribution in [2.24, 2.45) is 0 Å². The second-order valence-electron chi connectivity index (χ2n) is 10.6. The van der Waals surface area contributed by atoms with E-state index in [0.29, 0.717) is 16.8 Å². The normalized spacial score (nSPS) is 17.4. The molecule has 234 valence electrons. The van der Waals surface area contributed by atoms with Crippen molar-refractivity contribution >= 4 is 63.0 Å². The number of anilines is 1. The van der Waals surface area contributed by atoms with Gasteiger partial charge in [0.2, 0.25) is 17.7 Å². The summed E-state index contributed by atoms with van der Waals surface area (Å²) in [5, 5.41) is 14.0. The maximum absolute atomic E-state index is 13.0. The number of rotatable bonds is 13. The highest BCUT2D eigenvalue weighted by Crippen LogP contribution is 2.34. The van der Waals surface area contributed by atoms with Crippen LogP contribution >= 0.6 is 21.6 Å². The number of ether oxygens (including phenoxy) is 1. The number of fused-ring (bicyclic) bond motifs is 1. The number of aliphatic carboxylic acids is 1. The Hall–Kier alpha value is -4.04. The van der Waals surface area contributed by atoms with E-state index in [0.717, 1.165) is 5.56 Å². The van der Waals surface area contributed by atoms with Crippen LogP contribution in [0.15, 0.2) is 48.5 Å². The molecule has 2 heterocycles. The molecule has 4 rings (SSSR count). The van der Waals surface area contributed by atoms with Crippen LogP contribution in [0.25, 0.3) is 0 Å². The third-order valence-corrected chi connectivity index (χ3v) is 10.4. The highest BCUT2D eigenvalue weighted by molar-refractivity contribution is 8.77. The van der Waals surface area contributed by atoms with Crippen LogP contribution in [0.4, 0.5) is 10.5 Å². The summed E-state index contributed by atoms with van der Waals surface area (Å²) in [6.07, 6.45) is -0.158. The molecular formula is C30H34N4O8S2. The fourth-order valence-corrected chi connectivity index (χ4v) is 7.09. The summed E-state index contributed by atoms with van der Waals surface area (Å²) in [5.41, 5.74) is 2.19. The Morgan fingerprint density at radius 3 is 2.50 bits per heavy atom. The molecule has 0 radical (unpaired) electrons. The maximum atomic E-state index is 13.0. The topological polar surface area (TPSA) is 162 Å². The van der Waals surface area contributed by atoms with Crippen LogP contribution in [0.5, 0.6) is 0 Å². The number of carbonyl (C=O) groups is 6. The van der Waals surface area contributed by atoms with Gasteiger partial charge in [-0.3, -0.25) is 34.6 Å². The van der Waals surface area contributed by atoms with Crippen molar-refractivity contribution in [1.29, 1.82) is 0 Å². The van der Waals surface area contributed by atoms with Crippen molar-refractivity contribution in [2.75, 3.05) is 18.5 Å². The quantitative estimate of drug-likeness (QED) is 0.217. The van der Waals surface area contributed by atoms with Gasteiger partial charge in [-0.2, -0.15) is 0 Å². The molecule has 0 saturated carbocycles. The van der Waals surface area contributed by atoms with Crippen molar-refractivity contribution in [3.63, 3.8) is 0 Å². The summed E-state index contributed by atoms with van der Waals surface area (Å²) in [6.45, 7) is 3.79. The lowest BCUT2D eigenvalue weighted by atomic mass is 10.0. The zero-order valence-corrected chi connectivity index (χ0v) is 25.9. The van der Waals surface area contributed by atoms with E-state index in [9.17, 15) is 33.9 Å². The second kappa shape index (κ2) is 15.1. The maximum Gasteiger partial charge on any atom is 0.411 e. The molecule has 44 heavy (non-hydrogen) atoms. The van der Waals surface area contributed by atoms with Crippen molar-refractivity contribution in [1.82, 2.24) is 15.1 Å². The number of benzene rings is 2. The number of hydrogen-bond acceptors (Lipinski definition) is 9. The minimum absolute atomic E-state index is 0.0830. The zero-order valence-electron chi connectivity index (χ0n) is 24.3. The standard InChI is InChI=1S/C30H34N4O8S2/c1-18(13-26(36)33(16-27(37)38)14-20-7-4-3-5-8-20)43-44-19(2)17-42-30(41)31-23-10-6-9-21-22(23)15-34(29(21)40)24-11-12-25(35)32-28(24)39/h3-10,18-19,24H,11-17H2,1-2H3,(H,31,41)(H,37,38)(H,32,35,39). The van der Waals surface area contributed by atoms with Gasteiger partial charge < -0.3 is 19.6 Å². The lowest BCUT2D eigenvalue weighted by Crippen LogP contribution is -2.52. The molecule has 0 aliphatic carbocycles. The van der Waals surface area contributed by atoms with Crippen molar-refractivity contribution < 1.29 is 38.6 Å². The highest BCUT2D eigenvalue weighted by atomic mass is 33.1. The lowest BCUT2D eigenvalue weighted by molar-refractivity contribution is -0.144. The fourth-order valence-electron chi connectivity index (χ4n) is 4.87. The Morgan fingerprint density at radius 2 is 1.80 bits per heavy atom. The SMILES string of the molecule is CC(COC(=O)Nc1cccc2c1CN(C1CCC(=O)NC1=O)C2=O)SSC(C)CC(=O)N(CC(=O)O)Cc1ccccc1. The number of nitrogens with one attached hydrogen (secondary N) is 2. The van der Waals surface area contributed by atoms with Gasteiger partial charge in [-0.1, -0.05) is 64.9 Å². The Bertz CT molecular complexity index is 1420. The third-order valence-electron chi connectivity index (χ3n) is 7.01. The summed E-state index contributed by atoms with van der Waals surface area (Å²) in [7, 11) is 2.91. The van der Waals surface area contributed by atoms with Crippen LogP contribution in [-0.4, -0.2) is 80.3 Å². The van der Waals surface area contributed by atoms with Crippen molar-refractivity contribution in [2.45, 2.75) is 62.7 Å². The first-order valence-corrected chi connectivity index (χ1v) is 16.4. The summed E-state index contributed by atoms with van der Waals surface area (Å²) < 4.78 is 5.40. The van der Waals surface area contributed by atoms with Crippen LogP contribution in [-0.2, 0) is 37.0 Å². The molecule has 14 heteroatoms. The third kappa shape index (κ3) is 8.76. The molecule has 3 N–H and O–H groups in total. The van der Waals surface area contributed by atoms with Crippen LogP contribution in [0.3, 0.4) is 0 Å². The minimum atomic E-state index is -1.08. The summed E-state index contributed by atoms with van der Waals surface area (Å²) in [4.78, 5) is 76.4. The first kappa shape index (κ1) is 32.9. The van der Waals surface area contributed by atoms with Gasteiger partial charge in [-0.25, -0.2) is 4.79 Å². The Labute approximate surface area is 262 Å². The van der Waals surface area contributed by atoms with Gasteiger partial charge in [0, 0.05) is 53.2 Å². The van der Waals surface area contributed by atoms with Crippen molar-refractivity contribution in [3.05, 3.63) is 65.2 Å². The molecule has 12 nitrogen and oxygen atoms in total. The molecule has 3 atom stereocenters. The predicted octanol–water partition coefficient (Wildman–Crippen LogP) is 3.66. The van der Waals surface area contributed by atoms with Crippen LogP contribution in [0, 0.1) is 0 Å². The van der Waals surface area contributed by atoms with E-state index in [1.54, 1.807) is 18.2 Å². The average molecular weight is 643 g/mol. The molecule has 2 aliphatic heterocycles. The average Bonchev–Trinajstić information content (AvgIpc) is 3.31. The number of piperidine rings is 1. The Kier molecular flexibility index (Phi) is 11.3. The summed E-state index contributed by atoms with van der Waals surface area (Å²) in [5.74, 6) is -2.55. The van der Waals surface area contributed by atoms with Gasteiger partial charge in [0.05, 0.1) is 0 Å². The van der Waals surface area contributed by atoms with Crippen molar-refractivity contribution in [3.8, 4) is 0 Å². The van der Waals surface area contributed by atoms with Gasteiger partial charge in [0.25, 0.3) is 5.91 Å². The molecule has 0 spiro atoms. The number of carbonyl (C=O) groups excluding carboxylic acids is 5. The number of nitrogens with zero attached hydrogens (tertiary/aromatic N) is 2. The molecular weight excluding hydrogens is 608 g/mol. The lowest BCUT2D eigenvalue weighted by Gasteiger charge is -2.29. The molecule has 2 aliphatic rings. The highest BCUT2D eigenvalue weighted by Gasteiger charge is 2.40. The molecule has 5 amide bonds. The van der Waals surface area contributed by atoms with Gasteiger partial charge in [-0.15, -0.1) is 0 Å². The fraction of sp³-hybridized carbons (Fsp3) is 0.400. The number of carboxylic acid groups (broad SMARTS) is 1. The summed E-state index contributed by atoms with van der Waals surface area (Å²) >= 11 is 0. The monoisotopic (exact) mass is 642 g/mol. The molecule has 1 saturated heterocycles.